The largest absolute Gasteiger partial charge is 0.349 e. The zero-order valence-corrected chi connectivity index (χ0v) is 16.1. The van der Waals surface area contributed by atoms with Gasteiger partial charge in [-0.25, -0.2) is 4.79 Å². The van der Waals surface area contributed by atoms with Crippen molar-refractivity contribution in [2.24, 2.45) is 0 Å². The molecule has 1 saturated heterocycles. The predicted octanol–water partition coefficient (Wildman–Crippen LogP) is 3.69. The number of nitrogens with zero attached hydrogens (tertiary/aromatic N) is 1. The van der Waals surface area contributed by atoms with Crippen LogP contribution in [0.15, 0.2) is 28.7 Å². The van der Waals surface area contributed by atoms with Crippen LogP contribution in [0.3, 0.4) is 0 Å². The molecule has 2 N–H and O–H groups in total. The summed E-state index contributed by atoms with van der Waals surface area (Å²) in [4.78, 5) is 26.6. The first-order valence-corrected chi connectivity index (χ1v) is 10.0. The Labute approximate surface area is 157 Å². The summed E-state index contributed by atoms with van der Waals surface area (Å²) >= 11 is 3.39. The Hall–Kier alpha value is -1.56. The van der Waals surface area contributed by atoms with Gasteiger partial charge < -0.3 is 15.5 Å². The van der Waals surface area contributed by atoms with E-state index in [9.17, 15) is 9.59 Å². The number of hydrogen-bond donors (Lipinski definition) is 2. The molecule has 0 bridgehead atoms. The van der Waals surface area contributed by atoms with E-state index >= 15 is 0 Å². The van der Waals surface area contributed by atoms with Crippen LogP contribution in [0.2, 0.25) is 0 Å². The second kappa shape index (κ2) is 8.70. The van der Waals surface area contributed by atoms with Crippen LogP contribution in [-0.2, 0) is 0 Å². The van der Waals surface area contributed by atoms with Gasteiger partial charge >= 0.3 is 6.03 Å². The average molecular weight is 408 g/mol. The van der Waals surface area contributed by atoms with Gasteiger partial charge in [0, 0.05) is 35.2 Å². The van der Waals surface area contributed by atoms with Crippen LogP contribution in [0.4, 0.5) is 4.79 Å². The topological polar surface area (TPSA) is 61.4 Å². The summed E-state index contributed by atoms with van der Waals surface area (Å²) in [6.07, 6.45) is 7.53. The molecule has 1 aliphatic carbocycles. The van der Waals surface area contributed by atoms with E-state index in [-0.39, 0.29) is 18.0 Å². The molecule has 2 aliphatic rings. The second-order valence-electron chi connectivity index (χ2n) is 7.03. The number of carbonyl (C=O) groups is 2. The van der Waals surface area contributed by atoms with Crippen molar-refractivity contribution in [3.8, 4) is 0 Å². The summed E-state index contributed by atoms with van der Waals surface area (Å²) in [6, 6.07) is 7.93. The van der Waals surface area contributed by atoms with Gasteiger partial charge in [0.15, 0.2) is 0 Å². The number of carbonyl (C=O) groups excluding carboxylic acids is 2. The van der Waals surface area contributed by atoms with Crippen LogP contribution < -0.4 is 10.6 Å². The second-order valence-corrected chi connectivity index (χ2v) is 7.95. The minimum absolute atomic E-state index is 0.0496. The van der Waals surface area contributed by atoms with Gasteiger partial charge in [-0.1, -0.05) is 41.3 Å². The van der Waals surface area contributed by atoms with Crippen molar-refractivity contribution >= 4 is 27.9 Å². The normalized spacial score (nSPS) is 19.5. The summed E-state index contributed by atoms with van der Waals surface area (Å²) in [7, 11) is 0. The molecule has 0 unspecified atom stereocenters. The van der Waals surface area contributed by atoms with E-state index < -0.39 is 0 Å². The van der Waals surface area contributed by atoms with Crippen LogP contribution in [0.1, 0.15) is 55.3 Å². The third-order valence-electron chi connectivity index (χ3n) is 5.14. The number of nitrogens with one attached hydrogen (secondary N) is 2. The third-order valence-corrected chi connectivity index (χ3v) is 5.63. The summed E-state index contributed by atoms with van der Waals surface area (Å²) in [5.74, 6) is -0.0496. The Morgan fingerprint density at radius 2 is 1.64 bits per heavy atom. The van der Waals surface area contributed by atoms with E-state index in [0.29, 0.717) is 24.7 Å². The Morgan fingerprint density at radius 3 is 2.32 bits per heavy atom. The highest BCUT2D eigenvalue weighted by Gasteiger charge is 2.26. The van der Waals surface area contributed by atoms with Crippen molar-refractivity contribution in [1.82, 2.24) is 15.5 Å². The molecule has 25 heavy (non-hydrogen) atoms. The number of piperidine rings is 1. The van der Waals surface area contributed by atoms with Gasteiger partial charge in [0.1, 0.15) is 0 Å². The molecule has 2 fully saturated rings. The number of amides is 3. The zero-order chi connectivity index (χ0) is 17.6. The van der Waals surface area contributed by atoms with Crippen molar-refractivity contribution in [2.75, 3.05) is 13.1 Å². The molecule has 0 aromatic heterocycles. The van der Waals surface area contributed by atoms with E-state index in [2.05, 4.69) is 26.6 Å². The summed E-state index contributed by atoms with van der Waals surface area (Å²) in [5, 5.41) is 6.26. The molecule has 6 heteroatoms. The first-order valence-electron chi connectivity index (χ1n) is 9.24. The summed E-state index contributed by atoms with van der Waals surface area (Å²) in [6.45, 7) is 1.39. The van der Waals surface area contributed by atoms with Crippen LogP contribution >= 0.6 is 15.9 Å². The van der Waals surface area contributed by atoms with Crippen LogP contribution in [0.5, 0.6) is 0 Å². The minimum Gasteiger partial charge on any atom is -0.349 e. The smallest absolute Gasteiger partial charge is 0.317 e. The van der Waals surface area contributed by atoms with Crippen molar-refractivity contribution in [2.45, 2.75) is 57.0 Å². The maximum atomic E-state index is 12.4. The SMILES string of the molecule is O=C(NC1CCN(C(=O)NC2CCCCC2)CC1)c1cccc(Br)c1. The molecule has 1 aliphatic heterocycles. The number of rotatable bonds is 3. The maximum absolute atomic E-state index is 12.4. The minimum atomic E-state index is -0.0496. The Balaban J connectivity index is 1.43. The zero-order valence-electron chi connectivity index (χ0n) is 14.5. The number of hydrogen-bond acceptors (Lipinski definition) is 2. The first-order chi connectivity index (χ1) is 12.1. The Bertz CT molecular complexity index is 608. The van der Waals surface area contributed by atoms with Crippen molar-refractivity contribution in [1.29, 1.82) is 0 Å². The lowest BCUT2D eigenvalue weighted by molar-refractivity contribution is 0.0917. The molecule has 1 saturated carbocycles. The van der Waals surface area contributed by atoms with Gasteiger partial charge in [0.05, 0.1) is 0 Å². The van der Waals surface area contributed by atoms with Gasteiger partial charge in [-0.15, -0.1) is 0 Å². The highest BCUT2D eigenvalue weighted by Crippen LogP contribution is 2.19. The highest BCUT2D eigenvalue weighted by atomic mass is 79.9. The molecule has 0 radical (unpaired) electrons. The van der Waals surface area contributed by atoms with E-state index in [1.165, 1.54) is 19.3 Å². The van der Waals surface area contributed by atoms with Gasteiger partial charge in [-0.3, -0.25) is 4.79 Å². The molecule has 136 valence electrons. The lowest BCUT2D eigenvalue weighted by Gasteiger charge is -2.34. The van der Waals surface area contributed by atoms with Gasteiger partial charge in [-0.05, 0) is 43.9 Å². The van der Waals surface area contributed by atoms with Crippen molar-refractivity contribution in [3.05, 3.63) is 34.3 Å². The fraction of sp³-hybridized carbons (Fsp3) is 0.579. The predicted molar refractivity (Wildman–Crippen MR) is 102 cm³/mol. The maximum Gasteiger partial charge on any atom is 0.317 e. The molecule has 5 nitrogen and oxygen atoms in total. The molecule has 0 spiro atoms. The van der Waals surface area contributed by atoms with Gasteiger partial charge in [-0.2, -0.15) is 0 Å². The number of benzene rings is 1. The molecule has 0 atom stereocenters. The molecular formula is C19H26BrN3O2. The fourth-order valence-corrected chi connectivity index (χ4v) is 4.04. The number of likely N-dealkylation sites (tertiary alicyclic amines) is 1. The molecular weight excluding hydrogens is 382 g/mol. The number of urea groups is 1. The van der Waals surface area contributed by atoms with Crippen LogP contribution in [-0.4, -0.2) is 42.0 Å². The molecule has 1 aromatic rings. The Kier molecular flexibility index (Phi) is 6.34. The van der Waals surface area contributed by atoms with Crippen molar-refractivity contribution < 1.29 is 9.59 Å². The number of halogens is 1. The highest BCUT2D eigenvalue weighted by molar-refractivity contribution is 9.10. The monoisotopic (exact) mass is 407 g/mol. The van der Waals surface area contributed by atoms with Crippen molar-refractivity contribution in [3.63, 3.8) is 0 Å². The molecule has 1 heterocycles. The van der Waals surface area contributed by atoms with Gasteiger partial charge in [0.2, 0.25) is 0 Å². The summed E-state index contributed by atoms with van der Waals surface area (Å²) < 4.78 is 0.898. The Morgan fingerprint density at radius 1 is 0.960 bits per heavy atom. The first kappa shape index (κ1) is 18.2. The van der Waals surface area contributed by atoms with Crippen LogP contribution in [0, 0.1) is 0 Å². The average Bonchev–Trinajstić information content (AvgIpc) is 2.63. The summed E-state index contributed by atoms with van der Waals surface area (Å²) in [5.41, 5.74) is 0.659. The molecule has 3 rings (SSSR count). The fourth-order valence-electron chi connectivity index (χ4n) is 3.64. The quantitative estimate of drug-likeness (QED) is 0.802. The van der Waals surface area contributed by atoms with E-state index in [0.717, 1.165) is 30.2 Å². The van der Waals surface area contributed by atoms with Crippen LogP contribution in [0.25, 0.3) is 0 Å². The molecule has 3 amide bonds. The standard InChI is InChI=1S/C19H26BrN3O2/c20-15-6-4-5-14(13-15)18(24)21-17-9-11-23(12-10-17)19(25)22-16-7-2-1-3-8-16/h4-6,13,16-17H,1-3,7-12H2,(H,21,24)(H,22,25). The molecule has 1 aromatic carbocycles. The third kappa shape index (κ3) is 5.21. The lowest BCUT2D eigenvalue weighted by atomic mass is 9.95. The lowest BCUT2D eigenvalue weighted by Crippen LogP contribution is -2.51. The van der Waals surface area contributed by atoms with E-state index in [1.54, 1.807) is 0 Å². The van der Waals surface area contributed by atoms with E-state index in [1.807, 2.05) is 29.2 Å². The van der Waals surface area contributed by atoms with Gasteiger partial charge in [0.25, 0.3) is 5.91 Å². The van der Waals surface area contributed by atoms with E-state index in [4.69, 9.17) is 0 Å².